The van der Waals surface area contributed by atoms with Crippen molar-refractivity contribution in [3.63, 3.8) is 0 Å². The number of aromatic amines is 1. The maximum absolute atomic E-state index is 7.14. The minimum absolute atomic E-state index is 0.219. The molecule has 0 aliphatic heterocycles. The number of nitrogens with one attached hydrogen (secondary N) is 1. The third kappa shape index (κ3) is 1.98. The Bertz CT molecular complexity index is 863. The summed E-state index contributed by atoms with van der Waals surface area (Å²) in [4.78, 5) is 14.9. The summed E-state index contributed by atoms with van der Waals surface area (Å²) >= 11 is 9.34. The van der Waals surface area contributed by atoms with Crippen molar-refractivity contribution in [3.8, 4) is 11.3 Å². The fourth-order valence-electron chi connectivity index (χ4n) is 2.13. The summed E-state index contributed by atoms with van der Waals surface area (Å²) in [6.45, 7) is 9.07. The fourth-order valence-corrected chi connectivity index (χ4v) is 2.81. The van der Waals surface area contributed by atoms with Gasteiger partial charge in [-0.25, -0.2) is 14.8 Å². The average molecular weight is 348 g/mol. The number of nitrogens with zero attached hydrogens (tertiary/aromatic N) is 3. The van der Waals surface area contributed by atoms with E-state index in [9.17, 15) is 0 Å². The molecule has 0 aliphatic rings. The average Bonchev–Trinajstić information content (AvgIpc) is 2.86. The van der Waals surface area contributed by atoms with Crippen LogP contribution in [0.4, 0.5) is 5.69 Å². The molecule has 0 radical (unpaired) electrons. The Hall–Kier alpha value is -1.90. The molecule has 0 unspecified atom stereocenters. The van der Waals surface area contributed by atoms with E-state index in [-0.39, 0.29) is 5.28 Å². The van der Waals surface area contributed by atoms with Crippen LogP contribution in [0.15, 0.2) is 29.0 Å². The number of halogens is 2. The van der Waals surface area contributed by atoms with Crippen LogP contribution >= 0.6 is 27.5 Å². The molecule has 98 valence electrons. The minimum Gasteiger partial charge on any atom is -0.361 e. The first-order valence-electron chi connectivity index (χ1n) is 5.78. The van der Waals surface area contributed by atoms with Gasteiger partial charge in [-0.05, 0) is 24.1 Å². The van der Waals surface area contributed by atoms with E-state index in [4.69, 9.17) is 18.2 Å². The van der Waals surface area contributed by atoms with E-state index in [1.165, 1.54) is 0 Å². The zero-order valence-corrected chi connectivity index (χ0v) is 12.7. The number of hydrogen-bond donors (Lipinski definition) is 1. The second-order valence-corrected chi connectivity index (χ2v) is 5.44. The number of hydrogen-bond acceptors (Lipinski definition) is 2. The Morgan fingerprint density at radius 2 is 2.20 bits per heavy atom. The number of fused-ring (bicyclic) bond motifs is 1. The molecule has 6 heteroatoms. The lowest BCUT2D eigenvalue weighted by molar-refractivity contribution is 1.14. The van der Waals surface area contributed by atoms with E-state index in [0.29, 0.717) is 5.69 Å². The second kappa shape index (κ2) is 4.89. The van der Waals surface area contributed by atoms with Gasteiger partial charge in [-0.15, -0.1) is 0 Å². The third-order valence-corrected chi connectivity index (χ3v) is 4.08. The highest BCUT2D eigenvalue weighted by molar-refractivity contribution is 9.10. The molecule has 0 fully saturated rings. The summed E-state index contributed by atoms with van der Waals surface area (Å²) in [5, 5.41) is 1.21. The zero-order valence-electron chi connectivity index (χ0n) is 10.4. The first kappa shape index (κ1) is 13.1. The molecule has 1 N–H and O–H groups in total. The third-order valence-electron chi connectivity index (χ3n) is 3.09. The maximum atomic E-state index is 7.14. The highest BCUT2D eigenvalue weighted by Gasteiger charge is 2.14. The van der Waals surface area contributed by atoms with Gasteiger partial charge in [0.25, 0.3) is 0 Å². The lowest BCUT2D eigenvalue weighted by Gasteiger charge is -2.04. The molecule has 1 aromatic carbocycles. The van der Waals surface area contributed by atoms with Crippen LogP contribution in [0.2, 0.25) is 5.28 Å². The summed E-state index contributed by atoms with van der Waals surface area (Å²) in [6.07, 6.45) is 3.57. The van der Waals surface area contributed by atoms with Gasteiger partial charge >= 0.3 is 0 Å². The number of aryl methyl sites for hydroxylation is 1. The van der Waals surface area contributed by atoms with Gasteiger partial charge in [-0.1, -0.05) is 28.1 Å². The summed E-state index contributed by atoms with van der Waals surface area (Å²) in [6, 6.07) is 3.70. The molecule has 0 saturated heterocycles. The van der Waals surface area contributed by atoms with Gasteiger partial charge in [0, 0.05) is 33.3 Å². The predicted octanol–water partition coefficient (Wildman–Crippen LogP) is 4.90. The molecule has 0 amide bonds. The van der Waals surface area contributed by atoms with Crippen LogP contribution < -0.4 is 0 Å². The van der Waals surface area contributed by atoms with Crippen molar-refractivity contribution >= 4 is 44.1 Å². The van der Waals surface area contributed by atoms with Crippen molar-refractivity contribution in [2.75, 3.05) is 0 Å². The van der Waals surface area contributed by atoms with E-state index in [1.54, 1.807) is 12.3 Å². The molecule has 0 bridgehead atoms. The molecule has 3 rings (SSSR count). The Morgan fingerprint density at radius 3 is 2.95 bits per heavy atom. The summed E-state index contributed by atoms with van der Waals surface area (Å²) in [5.74, 6) is 0. The van der Waals surface area contributed by atoms with Crippen molar-refractivity contribution in [1.29, 1.82) is 0 Å². The lowest BCUT2D eigenvalue weighted by Crippen LogP contribution is -1.90. The normalized spacial score (nSPS) is 10.7. The van der Waals surface area contributed by atoms with E-state index in [0.717, 1.165) is 32.2 Å². The van der Waals surface area contributed by atoms with Gasteiger partial charge in [0.1, 0.15) is 0 Å². The molecule has 0 spiro atoms. The van der Waals surface area contributed by atoms with Gasteiger partial charge in [-0.2, -0.15) is 0 Å². The second-order valence-electron chi connectivity index (χ2n) is 4.31. The SMILES string of the molecule is [C-]#[N+]c1ccc2c(-c3nc(Cl)ncc3C)c[nH]c2c1Br. The molecule has 3 aromatic rings. The van der Waals surface area contributed by atoms with E-state index < -0.39 is 0 Å². The zero-order chi connectivity index (χ0) is 14.3. The number of benzene rings is 1. The Labute approximate surface area is 128 Å². The highest BCUT2D eigenvalue weighted by atomic mass is 79.9. The monoisotopic (exact) mass is 346 g/mol. The first-order valence-corrected chi connectivity index (χ1v) is 6.95. The van der Waals surface area contributed by atoms with E-state index >= 15 is 0 Å². The standard InChI is InChI=1S/C14H8BrClN4/c1-7-5-19-14(16)20-12(7)9-6-18-13-8(9)3-4-10(17-2)11(13)15/h3-6,18H,1H3. The minimum atomic E-state index is 0.219. The van der Waals surface area contributed by atoms with Crippen LogP contribution in [-0.2, 0) is 0 Å². The van der Waals surface area contributed by atoms with E-state index in [1.807, 2.05) is 19.2 Å². The smallest absolute Gasteiger partial charge is 0.222 e. The molecule has 20 heavy (non-hydrogen) atoms. The van der Waals surface area contributed by atoms with Gasteiger partial charge in [0.2, 0.25) is 11.0 Å². The fraction of sp³-hybridized carbons (Fsp3) is 0.0714. The maximum Gasteiger partial charge on any atom is 0.222 e. The van der Waals surface area contributed by atoms with E-state index in [2.05, 4.69) is 35.7 Å². The number of aromatic nitrogens is 3. The Kier molecular flexibility index (Phi) is 3.20. The van der Waals surface area contributed by atoms with Crippen LogP contribution in [0.3, 0.4) is 0 Å². The quantitative estimate of drug-likeness (QED) is 0.502. The molecule has 0 atom stereocenters. The molecular weight excluding hydrogens is 340 g/mol. The number of rotatable bonds is 1. The van der Waals surface area contributed by atoms with Crippen molar-refractivity contribution in [2.24, 2.45) is 0 Å². The van der Waals surface area contributed by atoms with Crippen LogP contribution in [-0.4, -0.2) is 15.0 Å². The van der Waals surface area contributed by atoms with Crippen LogP contribution in [0, 0.1) is 13.5 Å². The molecule has 0 aliphatic carbocycles. The topological polar surface area (TPSA) is 45.9 Å². The van der Waals surface area contributed by atoms with Gasteiger partial charge in [0.05, 0.1) is 12.3 Å². The van der Waals surface area contributed by atoms with Crippen LogP contribution in [0.1, 0.15) is 5.56 Å². The number of H-pyrrole nitrogens is 1. The summed E-state index contributed by atoms with van der Waals surface area (Å²) in [5.41, 5.74) is 4.13. The van der Waals surface area contributed by atoms with Crippen molar-refractivity contribution in [2.45, 2.75) is 6.92 Å². The molecular formula is C14H8BrClN4. The largest absolute Gasteiger partial charge is 0.361 e. The first-order chi connectivity index (χ1) is 9.61. The highest BCUT2D eigenvalue weighted by Crippen LogP contribution is 2.37. The predicted molar refractivity (Wildman–Crippen MR) is 83.0 cm³/mol. The van der Waals surface area contributed by atoms with Crippen molar-refractivity contribution < 1.29 is 0 Å². The Morgan fingerprint density at radius 1 is 1.40 bits per heavy atom. The van der Waals surface area contributed by atoms with Gasteiger partial charge in [0.15, 0.2) is 0 Å². The molecule has 2 heterocycles. The molecule has 0 saturated carbocycles. The van der Waals surface area contributed by atoms with Crippen molar-refractivity contribution in [3.05, 3.63) is 51.3 Å². The molecule has 4 nitrogen and oxygen atoms in total. The van der Waals surface area contributed by atoms with Crippen molar-refractivity contribution in [1.82, 2.24) is 15.0 Å². The van der Waals surface area contributed by atoms with Crippen LogP contribution in [0.5, 0.6) is 0 Å². The molecule has 2 aromatic heterocycles. The summed E-state index contributed by atoms with van der Waals surface area (Å²) < 4.78 is 0.758. The van der Waals surface area contributed by atoms with Gasteiger partial charge < -0.3 is 4.98 Å². The summed E-state index contributed by atoms with van der Waals surface area (Å²) in [7, 11) is 0. The van der Waals surface area contributed by atoms with Gasteiger partial charge in [-0.3, -0.25) is 0 Å². The Balaban J connectivity index is 2.31. The lowest BCUT2D eigenvalue weighted by atomic mass is 10.1. The van der Waals surface area contributed by atoms with Crippen LogP contribution in [0.25, 0.3) is 27.0 Å².